The first kappa shape index (κ1) is 13.6. The highest BCUT2D eigenvalue weighted by Gasteiger charge is 2.42. The van der Waals surface area contributed by atoms with Gasteiger partial charge in [-0.05, 0) is 80.0 Å². The summed E-state index contributed by atoms with van der Waals surface area (Å²) in [6, 6.07) is 7.78. The molecule has 0 saturated heterocycles. The van der Waals surface area contributed by atoms with Crippen LogP contribution in [-0.2, 0) is 6.42 Å². The van der Waals surface area contributed by atoms with E-state index >= 15 is 0 Å². The lowest BCUT2D eigenvalue weighted by Gasteiger charge is -2.31. The number of ether oxygens (including phenoxy) is 1. The van der Waals surface area contributed by atoms with E-state index in [1.807, 2.05) is 0 Å². The summed E-state index contributed by atoms with van der Waals surface area (Å²) in [6.07, 6.45) is 8.41. The Morgan fingerprint density at radius 2 is 2.10 bits per heavy atom. The first-order chi connectivity index (χ1) is 10.2. The van der Waals surface area contributed by atoms with Gasteiger partial charge in [0.05, 0.1) is 7.11 Å². The van der Waals surface area contributed by atoms with Crippen molar-refractivity contribution in [3.63, 3.8) is 0 Å². The monoisotopic (exact) mass is 285 g/mol. The maximum absolute atomic E-state index is 5.41. The summed E-state index contributed by atoms with van der Waals surface area (Å²) in [5.74, 6) is 3.96. The lowest BCUT2D eigenvalue weighted by Crippen LogP contribution is -2.38. The Bertz CT molecular complexity index is 526. The molecule has 2 saturated carbocycles. The summed E-state index contributed by atoms with van der Waals surface area (Å²) in [5.41, 5.74) is 2.98. The maximum Gasteiger partial charge on any atom is 0.119 e. The summed E-state index contributed by atoms with van der Waals surface area (Å²) in [4.78, 5) is 0. The van der Waals surface area contributed by atoms with Crippen LogP contribution in [0.2, 0.25) is 0 Å². The number of hydrogen-bond acceptors (Lipinski definition) is 2. The first-order valence-corrected chi connectivity index (χ1v) is 8.67. The Morgan fingerprint density at radius 1 is 1.19 bits per heavy atom. The van der Waals surface area contributed by atoms with Crippen LogP contribution in [-0.4, -0.2) is 13.2 Å². The fourth-order valence-electron chi connectivity index (χ4n) is 5.23. The van der Waals surface area contributed by atoms with E-state index in [4.69, 9.17) is 4.74 Å². The molecule has 3 aliphatic carbocycles. The van der Waals surface area contributed by atoms with Crippen LogP contribution in [0.4, 0.5) is 0 Å². The largest absolute Gasteiger partial charge is 0.497 e. The Kier molecular flexibility index (Phi) is 3.45. The molecular formula is C19H27NO. The van der Waals surface area contributed by atoms with Gasteiger partial charge in [-0.2, -0.15) is 0 Å². The third kappa shape index (κ3) is 2.38. The number of rotatable bonds is 4. The Balaban J connectivity index is 1.47. The minimum absolute atomic E-state index is 0.532. The van der Waals surface area contributed by atoms with Gasteiger partial charge in [-0.15, -0.1) is 0 Å². The predicted octanol–water partition coefficient (Wildman–Crippen LogP) is 4.10. The second-order valence-electron chi connectivity index (χ2n) is 7.45. The normalized spacial score (nSPS) is 35.0. The van der Waals surface area contributed by atoms with Gasteiger partial charge >= 0.3 is 0 Å². The fraction of sp³-hybridized carbons (Fsp3) is 0.684. The van der Waals surface area contributed by atoms with Crippen molar-refractivity contribution in [2.75, 3.05) is 7.11 Å². The molecule has 3 aliphatic rings. The number of benzene rings is 1. The lowest BCUT2D eigenvalue weighted by atomic mass is 9.83. The molecule has 1 aromatic rings. The zero-order valence-electron chi connectivity index (χ0n) is 13.3. The van der Waals surface area contributed by atoms with Crippen LogP contribution in [0.5, 0.6) is 5.75 Å². The molecule has 0 amide bonds. The van der Waals surface area contributed by atoms with Crippen LogP contribution >= 0.6 is 0 Å². The van der Waals surface area contributed by atoms with Crippen molar-refractivity contribution < 1.29 is 4.74 Å². The minimum atomic E-state index is 0.532. The van der Waals surface area contributed by atoms with E-state index in [0.29, 0.717) is 12.1 Å². The van der Waals surface area contributed by atoms with Gasteiger partial charge in [-0.3, -0.25) is 0 Å². The van der Waals surface area contributed by atoms with Crippen LogP contribution < -0.4 is 10.1 Å². The second kappa shape index (κ2) is 5.31. The summed E-state index contributed by atoms with van der Waals surface area (Å²) in [7, 11) is 1.76. The maximum atomic E-state index is 5.41. The highest BCUT2D eigenvalue weighted by Crippen LogP contribution is 2.50. The van der Waals surface area contributed by atoms with E-state index in [1.54, 1.807) is 7.11 Å². The van der Waals surface area contributed by atoms with E-state index in [2.05, 4.69) is 30.4 Å². The Morgan fingerprint density at radius 3 is 2.81 bits per heavy atom. The quantitative estimate of drug-likeness (QED) is 0.899. The van der Waals surface area contributed by atoms with Crippen LogP contribution in [0, 0.1) is 17.8 Å². The molecule has 2 fully saturated rings. The molecule has 1 N–H and O–H groups in total. The summed E-state index contributed by atoms with van der Waals surface area (Å²) in [5, 5.41) is 3.96. The molecule has 0 heterocycles. The number of nitrogens with one attached hydrogen (secondary N) is 1. The number of hydrogen-bond donors (Lipinski definition) is 1. The van der Waals surface area contributed by atoms with Gasteiger partial charge in [0.25, 0.3) is 0 Å². The van der Waals surface area contributed by atoms with Crippen molar-refractivity contribution in [2.45, 2.75) is 57.5 Å². The molecule has 0 aromatic heterocycles. The number of methoxy groups -OCH3 is 1. The van der Waals surface area contributed by atoms with Gasteiger partial charge in [0.15, 0.2) is 0 Å². The molecule has 0 aliphatic heterocycles. The van der Waals surface area contributed by atoms with Gasteiger partial charge in [0.2, 0.25) is 0 Å². The molecule has 2 heteroatoms. The van der Waals surface area contributed by atoms with Gasteiger partial charge in [0, 0.05) is 12.1 Å². The molecule has 0 radical (unpaired) electrons. The average molecular weight is 285 g/mol. The molecule has 5 unspecified atom stereocenters. The van der Waals surface area contributed by atoms with Crippen LogP contribution in [0.25, 0.3) is 0 Å². The van der Waals surface area contributed by atoms with E-state index in [-0.39, 0.29) is 0 Å². The molecule has 2 bridgehead atoms. The van der Waals surface area contributed by atoms with Crippen molar-refractivity contribution >= 4 is 0 Å². The third-order valence-corrected chi connectivity index (χ3v) is 6.33. The number of fused-ring (bicyclic) bond motifs is 3. The summed E-state index contributed by atoms with van der Waals surface area (Å²) in [6.45, 7) is 2.42. The summed E-state index contributed by atoms with van der Waals surface area (Å²) < 4.78 is 5.41. The fourth-order valence-corrected chi connectivity index (χ4v) is 5.23. The number of aryl methyl sites for hydroxylation is 1. The first-order valence-electron chi connectivity index (χ1n) is 8.67. The minimum Gasteiger partial charge on any atom is -0.497 e. The van der Waals surface area contributed by atoms with Gasteiger partial charge in [-0.1, -0.05) is 12.5 Å². The van der Waals surface area contributed by atoms with Crippen LogP contribution in [0.1, 0.15) is 56.2 Å². The molecule has 114 valence electrons. The van der Waals surface area contributed by atoms with Crippen molar-refractivity contribution in [2.24, 2.45) is 17.8 Å². The molecule has 21 heavy (non-hydrogen) atoms. The smallest absolute Gasteiger partial charge is 0.119 e. The Hall–Kier alpha value is -1.02. The zero-order chi connectivity index (χ0) is 14.4. The van der Waals surface area contributed by atoms with E-state index in [0.717, 1.165) is 23.5 Å². The van der Waals surface area contributed by atoms with Crippen LogP contribution in [0.3, 0.4) is 0 Å². The standard InChI is InChI=1S/C19H27NO/c1-12(17-10-13-3-4-15(17)9-13)20-19-8-6-14-5-7-16(21-2)11-18(14)19/h5,7,11-13,15,17,19-20H,3-4,6,8-10H2,1-2H3. The average Bonchev–Trinajstić information content (AvgIpc) is 3.22. The van der Waals surface area contributed by atoms with E-state index in [9.17, 15) is 0 Å². The topological polar surface area (TPSA) is 21.3 Å². The van der Waals surface area contributed by atoms with Crippen LogP contribution in [0.15, 0.2) is 18.2 Å². The van der Waals surface area contributed by atoms with Gasteiger partial charge < -0.3 is 10.1 Å². The summed E-state index contributed by atoms with van der Waals surface area (Å²) >= 11 is 0. The molecule has 5 atom stereocenters. The van der Waals surface area contributed by atoms with Crippen molar-refractivity contribution in [3.8, 4) is 5.75 Å². The lowest BCUT2D eigenvalue weighted by molar-refractivity contribution is 0.244. The zero-order valence-corrected chi connectivity index (χ0v) is 13.3. The second-order valence-corrected chi connectivity index (χ2v) is 7.45. The molecular weight excluding hydrogens is 258 g/mol. The molecule has 4 rings (SSSR count). The van der Waals surface area contributed by atoms with Crippen molar-refractivity contribution in [1.82, 2.24) is 5.32 Å². The van der Waals surface area contributed by atoms with Gasteiger partial charge in [-0.25, -0.2) is 0 Å². The highest BCUT2D eigenvalue weighted by molar-refractivity contribution is 5.40. The van der Waals surface area contributed by atoms with Gasteiger partial charge in [0.1, 0.15) is 5.75 Å². The van der Waals surface area contributed by atoms with E-state index < -0.39 is 0 Å². The van der Waals surface area contributed by atoms with Crippen molar-refractivity contribution in [1.29, 1.82) is 0 Å². The highest BCUT2D eigenvalue weighted by atomic mass is 16.5. The Labute approximate surface area is 128 Å². The predicted molar refractivity (Wildman–Crippen MR) is 85.6 cm³/mol. The third-order valence-electron chi connectivity index (χ3n) is 6.33. The molecule has 1 aromatic carbocycles. The molecule has 0 spiro atoms. The van der Waals surface area contributed by atoms with Crippen molar-refractivity contribution in [3.05, 3.63) is 29.3 Å². The van der Waals surface area contributed by atoms with E-state index in [1.165, 1.54) is 49.7 Å². The molecule has 2 nitrogen and oxygen atoms in total. The SMILES string of the molecule is COc1ccc2c(c1)C(NC(C)C1CC3CCC1C3)CC2.